The molecule has 0 radical (unpaired) electrons. The lowest BCUT2D eigenvalue weighted by Crippen LogP contribution is -2.27. The van der Waals surface area contributed by atoms with Crippen LogP contribution in [0.25, 0.3) is 0 Å². The summed E-state index contributed by atoms with van der Waals surface area (Å²) in [5, 5.41) is 4.29. The second-order valence-corrected chi connectivity index (χ2v) is 5.86. The summed E-state index contributed by atoms with van der Waals surface area (Å²) in [4.78, 5) is 0. The lowest BCUT2D eigenvalue weighted by atomic mass is 9.99. The average molecular weight is 266 g/mol. The summed E-state index contributed by atoms with van der Waals surface area (Å²) in [5.41, 5.74) is 2.57. The van der Waals surface area contributed by atoms with Gasteiger partial charge >= 0.3 is 0 Å². The van der Waals surface area contributed by atoms with Crippen molar-refractivity contribution in [3.05, 3.63) is 28.3 Å². The van der Waals surface area contributed by atoms with Crippen molar-refractivity contribution in [3.63, 3.8) is 0 Å². The van der Waals surface area contributed by atoms with Gasteiger partial charge in [0.25, 0.3) is 0 Å². The summed E-state index contributed by atoms with van der Waals surface area (Å²) >= 11 is 6.18. The molecular formula is C15H20ClNO. The van der Waals surface area contributed by atoms with Crippen LogP contribution in [0.15, 0.2) is 12.1 Å². The van der Waals surface area contributed by atoms with Gasteiger partial charge in [-0.25, -0.2) is 0 Å². The Hall–Kier alpha value is -0.730. The third kappa shape index (κ3) is 2.50. The smallest absolute Gasteiger partial charge is 0.125 e. The molecule has 3 heteroatoms. The molecule has 0 bridgehead atoms. The maximum Gasteiger partial charge on any atom is 0.125 e. The molecule has 98 valence electrons. The standard InChI is InChI=1S/C15H20ClNO/c1-17-14(10-2-3-10)5-4-11-8-13(16)9-12-6-7-18-15(11)12/h8-10,14,17H,2-7H2,1H3. The highest BCUT2D eigenvalue weighted by molar-refractivity contribution is 6.30. The Kier molecular flexibility index (Phi) is 3.49. The first-order valence-electron chi connectivity index (χ1n) is 6.89. The fourth-order valence-corrected chi connectivity index (χ4v) is 3.22. The van der Waals surface area contributed by atoms with Crippen molar-refractivity contribution in [2.75, 3.05) is 13.7 Å². The van der Waals surface area contributed by atoms with Gasteiger partial charge in [-0.2, -0.15) is 0 Å². The second-order valence-electron chi connectivity index (χ2n) is 5.42. The number of aryl methyl sites for hydroxylation is 1. The van der Waals surface area contributed by atoms with E-state index in [4.69, 9.17) is 16.3 Å². The Morgan fingerprint density at radius 1 is 1.44 bits per heavy atom. The van der Waals surface area contributed by atoms with Crippen molar-refractivity contribution in [1.29, 1.82) is 0 Å². The molecule has 1 aliphatic carbocycles. The molecule has 1 aromatic rings. The lowest BCUT2D eigenvalue weighted by Gasteiger charge is -2.16. The minimum Gasteiger partial charge on any atom is -0.493 e. The van der Waals surface area contributed by atoms with Gasteiger partial charge < -0.3 is 10.1 Å². The fourth-order valence-electron chi connectivity index (χ4n) is 2.96. The van der Waals surface area contributed by atoms with Gasteiger partial charge in [0.15, 0.2) is 0 Å². The van der Waals surface area contributed by atoms with Crippen molar-refractivity contribution < 1.29 is 4.74 Å². The Labute approximate surface area is 114 Å². The van der Waals surface area contributed by atoms with Crippen LogP contribution < -0.4 is 10.1 Å². The number of benzene rings is 1. The van der Waals surface area contributed by atoms with Crippen LogP contribution in [-0.4, -0.2) is 19.7 Å². The minimum absolute atomic E-state index is 0.654. The molecule has 0 amide bonds. The van der Waals surface area contributed by atoms with Gasteiger partial charge in [-0.05, 0) is 61.9 Å². The number of fused-ring (bicyclic) bond motifs is 1. The lowest BCUT2D eigenvalue weighted by molar-refractivity contribution is 0.352. The van der Waals surface area contributed by atoms with E-state index in [1.807, 2.05) is 6.07 Å². The van der Waals surface area contributed by atoms with E-state index in [1.165, 1.54) is 30.4 Å². The second kappa shape index (κ2) is 5.10. The predicted octanol–water partition coefficient (Wildman–Crippen LogP) is 3.21. The van der Waals surface area contributed by atoms with E-state index in [2.05, 4.69) is 18.4 Å². The van der Waals surface area contributed by atoms with E-state index in [-0.39, 0.29) is 0 Å². The molecule has 1 saturated carbocycles. The molecule has 0 saturated heterocycles. The van der Waals surface area contributed by atoms with Crippen molar-refractivity contribution in [2.45, 2.75) is 38.1 Å². The molecule has 18 heavy (non-hydrogen) atoms. The van der Waals surface area contributed by atoms with Crippen LogP contribution in [0.1, 0.15) is 30.4 Å². The molecule has 1 aromatic carbocycles. The van der Waals surface area contributed by atoms with E-state index in [0.29, 0.717) is 6.04 Å². The van der Waals surface area contributed by atoms with Gasteiger partial charge in [0.05, 0.1) is 6.61 Å². The minimum atomic E-state index is 0.654. The van der Waals surface area contributed by atoms with Gasteiger partial charge in [0.2, 0.25) is 0 Å². The van der Waals surface area contributed by atoms with Crippen LogP contribution in [-0.2, 0) is 12.8 Å². The van der Waals surface area contributed by atoms with E-state index in [9.17, 15) is 0 Å². The summed E-state index contributed by atoms with van der Waals surface area (Å²) in [6.07, 6.45) is 6.01. The molecule has 3 rings (SSSR count). The molecule has 0 aromatic heterocycles. The zero-order chi connectivity index (χ0) is 12.5. The number of hydrogen-bond donors (Lipinski definition) is 1. The number of halogens is 1. The molecule has 0 spiro atoms. The highest BCUT2D eigenvalue weighted by atomic mass is 35.5. The molecular weight excluding hydrogens is 246 g/mol. The first-order chi connectivity index (χ1) is 8.78. The van der Waals surface area contributed by atoms with Crippen molar-refractivity contribution in [3.8, 4) is 5.75 Å². The average Bonchev–Trinajstić information content (AvgIpc) is 3.08. The monoisotopic (exact) mass is 265 g/mol. The van der Waals surface area contributed by atoms with Crippen LogP contribution in [0, 0.1) is 5.92 Å². The summed E-state index contributed by atoms with van der Waals surface area (Å²) in [7, 11) is 2.07. The van der Waals surface area contributed by atoms with Crippen molar-refractivity contribution in [1.82, 2.24) is 5.32 Å². The zero-order valence-electron chi connectivity index (χ0n) is 10.8. The Morgan fingerprint density at radius 3 is 3.00 bits per heavy atom. The first kappa shape index (κ1) is 12.3. The van der Waals surface area contributed by atoms with Gasteiger partial charge in [-0.3, -0.25) is 0 Å². The van der Waals surface area contributed by atoms with Crippen LogP contribution in [0.5, 0.6) is 5.75 Å². The molecule has 2 aliphatic rings. The topological polar surface area (TPSA) is 21.3 Å². The molecule has 1 fully saturated rings. The zero-order valence-corrected chi connectivity index (χ0v) is 11.6. The Morgan fingerprint density at radius 2 is 2.28 bits per heavy atom. The predicted molar refractivity (Wildman–Crippen MR) is 74.5 cm³/mol. The quantitative estimate of drug-likeness (QED) is 0.883. The highest BCUT2D eigenvalue weighted by Crippen LogP contribution is 2.37. The number of ether oxygens (including phenoxy) is 1. The third-order valence-corrected chi connectivity index (χ3v) is 4.33. The Balaban J connectivity index is 1.72. The maximum atomic E-state index is 6.18. The molecule has 1 aliphatic heterocycles. The fraction of sp³-hybridized carbons (Fsp3) is 0.600. The summed E-state index contributed by atoms with van der Waals surface area (Å²) in [6.45, 7) is 0.806. The first-order valence-corrected chi connectivity index (χ1v) is 7.27. The van der Waals surface area contributed by atoms with E-state index in [0.717, 1.165) is 36.1 Å². The van der Waals surface area contributed by atoms with Gasteiger partial charge in [0, 0.05) is 17.5 Å². The Bertz CT molecular complexity index is 442. The van der Waals surface area contributed by atoms with Crippen LogP contribution >= 0.6 is 11.6 Å². The van der Waals surface area contributed by atoms with Crippen LogP contribution in [0.3, 0.4) is 0 Å². The summed E-state index contributed by atoms with van der Waals surface area (Å²) in [6, 6.07) is 4.77. The normalized spacial score (nSPS) is 19.4. The van der Waals surface area contributed by atoms with Crippen LogP contribution in [0.2, 0.25) is 5.02 Å². The van der Waals surface area contributed by atoms with E-state index < -0.39 is 0 Å². The van der Waals surface area contributed by atoms with Crippen LogP contribution in [0.4, 0.5) is 0 Å². The molecule has 2 nitrogen and oxygen atoms in total. The molecule has 1 atom stereocenters. The van der Waals surface area contributed by atoms with Crippen molar-refractivity contribution >= 4 is 11.6 Å². The maximum absolute atomic E-state index is 6.18. The van der Waals surface area contributed by atoms with E-state index in [1.54, 1.807) is 0 Å². The summed E-state index contributed by atoms with van der Waals surface area (Å²) < 4.78 is 5.75. The number of nitrogens with one attached hydrogen (secondary N) is 1. The molecule has 1 unspecified atom stereocenters. The van der Waals surface area contributed by atoms with Gasteiger partial charge in [-0.15, -0.1) is 0 Å². The number of hydrogen-bond acceptors (Lipinski definition) is 2. The summed E-state index contributed by atoms with van der Waals surface area (Å²) in [5.74, 6) is 1.99. The SMILES string of the molecule is CNC(CCc1cc(Cl)cc2c1OCC2)C1CC1. The number of rotatable bonds is 5. The third-order valence-electron chi connectivity index (χ3n) is 4.11. The molecule has 1 heterocycles. The largest absolute Gasteiger partial charge is 0.493 e. The van der Waals surface area contributed by atoms with E-state index >= 15 is 0 Å². The van der Waals surface area contributed by atoms with Gasteiger partial charge in [-0.1, -0.05) is 11.6 Å². The van der Waals surface area contributed by atoms with Crippen molar-refractivity contribution in [2.24, 2.45) is 5.92 Å². The van der Waals surface area contributed by atoms with Gasteiger partial charge in [0.1, 0.15) is 5.75 Å². The molecule has 1 N–H and O–H groups in total. The highest BCUT2D eigenvalue weighted by Gasteiger charge is 2.30.